The fraction of sp³-hybridized carbons (Fsp3) is 0.818. The third-order valence-electron chi connectivity index (χ3n) is 1.92. The second kappa shape index (κ2) is 6.69. The molecule has 0 aromatic rings. The van der Waals surface area contributed by atoms with Crippen LogP contribution in [-0.4, -0.2) is 0 Å². The molecule has 1 atom stereocenters. The summed E-state index contributed by atoms with van der Waals surface area (Å²) < 4.78 is 0. The lowest BCUT2D eigenvalue weighted by atomic mass is 9.94. The molecule has 0 bridgehead atoms. The predicted molar refractivity (Wildman–Crippen MR) is 52.1 cm³/mol. The van der Waals surface area contributed by atoms with E-state index in [0.717, 1.165) is 12.3 Å². The fourth-order valence-corrected chi connectivity index (χ4v) is 1.39. The molecule has 2 radical (unpaired) electrons. The molecule has 0 heterocycles. The zero-order valence-electron chi connectivity index (χ0n) is 8.10. The van der Waals surface area contributed by atoms with Crippen molar-refractivity contribution in [3.63, 3.8) is 0 Å². The number of hydrogen-bond donors (Lipinski definition) is 0. The van der Waals surface area contributed by atoms with Crippen LogP contribution in [0.25, 0.3) is 0 Å². The minimum absolute atomic E-state index is 0.668. The molecule has 0 N–H and O–H groups in total. The monoisotopic (exact) mass is 154 g/mol. The second-order valence-electron chi connectivity index (χ2n) is 3.84. The summed E-state index contributed by atoms with van der Waals surface area (Å²) in [6.45, 7) is 12.5. The summed E-state index contributed by atoms with van der Waals surface area (Å²) in [6, 6.07) is 0. The highest BCUT2D eigenvalue weighted by molar-refractivity contribution is 4.63. The van der Waals surface area contributed by atoms with Crippen molar-refractivity contribution in [3.05, 3.63) is 13.8 Å². The minimum atomic E-state index is 0.668. The molecule has 0 aliphatic carbocycles. The normalized spacial score (nSPS) is 13.9. The highest BCUT2D eigenvalue weighted by atomic mass is 14.1. The van der Waals surface area contributed by atoms with Crippen molar-refractivity contribution in [1.82, 2.24) is 0 Å². The second-order valence-corrected chi connectivity index (χ2v) is 3.84. The molecule has 0 aromatic heterocycles. The smallest absolute Gasteiger partial charge is 0.0412 e. The molecule has 0 saturated heterocycles. The third-order valence-corrected chi connectivity index (χ3v) is 1.92. The van der Waals surface area contributed by atoms with Crippen molar-refractivity contribution in [2.24, 2.45) is 11.8 Å². The van der Waals surface area contributed by atoms with E-state index in [-0.39, 0.29) is 0 Å². The van der Waals surface area contributed by atoms with E-state index in [2.05, 4.69) is 27.7 Å². The van der Waals surface area contributed by atoms with Crippen LogP contribution < -0.4 is 0 Å². The molecule has 1 unspecified atom stereocenters. The first-order chi connectivity index (χ1) is 5.16. The van der Waals surface area contributed by atoms with Crippen molar-refractivity contribution < 1.29 is 0 Å². The Morgan fingerprint density at radius 2 is 1.82 bits per heavy atom. The van der Waals surface area contributed by atoms with Gasteiger partial charge in [0.15, 0.2) is 0 Å². The first-order valence-corrected chi connectivity index (χ1v) is 4.79. The summed E-state index contributed by atoms with van der Waals surface area (Å²) >= 11 is 0. The lowest BCUT2D eigenvalue weighted by molar-refractivity contribution is 0.434. The van der Waals surface area contributed by atoms with Crippen LogP contribution in [0.3, 0.4) is 0 Å². The van der Waals surface area contributed by atoms with E-state index >= 15 is 0 Å². The zero-order valence-corrected chi connectivity index (χ0v) is 8.10. The summed E-state index contributed by atoms with van der Waals surface area (Å²) in [7, 11) is 0. The Labute approximate surface area is 72.4 Å². The van der Waals surface area contributed by atoms with Crippen LogP contribution >= 0.6 is 0 Å². The Kier molecular flexibility index (Phi) is 6.69. The number of hydrogen-bond acceptors (Lipinski definition) is 0. The first kappa shape index (κ1) is 11.0. The third kappa shape index (κ3) is 7.90. The molecule has 0 amide bonds. The molecular formula is C11H22. The van der Waals surface area contributed by atoms with Crippen molar-refractivity contribution in [3.8, 4) is 0 Å². The molecule has 0 spiro atoms. The lowest BCUT2D eigenvalue weighted by Crippen LogP contribution is -2.00. The van der Waals surface area contributed by atoms with Crippen LogP contribution in [0.4, 0.5) is 0 Å². The maximum atomic E-state index is 4.13. The lowest BCUT2D eigenvalue weighted by Gasteiger charge is -2.12. The van der Waals surface area contributed by atoms with Gasteiger partial charge in [-0.3, -0.25) is 0 Å². The van der Waals surface area contributed by atoms with E-state index < -0.39 is 0 Å². The zero-order chi connectivity index (χ0) is 8.69. The van der Waals surface area contributed by atoms with Crippen molar-refractivity contribution >= 4 is 0 Å². The van der Waals surface area contributed by atoms with Gasteiger partial charge >= 0.3 is 0 Å². The Balaban J connectivity index is 3.15. The molecule has 0 aliphatic rings. The average molecular weight is 154 g/mol. The summed E-state index contributed by atoms with van der Waals surface area (Å²) in [5.74, 6) is 1.47. The van der Waals surface area contributed by atoms with Gasteiger partial charge in [-0.1, -0.05) is 53.4 Å². The number of unbranched alkanes of at least 4 members (excludes halogenated alkanes) is 2. The highest BCUT2D eigenvalue weighted by Gasteiger charge is 2.03. The fourth-order valence-electron chi connectivity index (χ4n) is 1.39. The first-order valence-electron chi connectivity index (χ1n) is 4.79. The van der Waals surface area contributed by atoms with Gasteiger partial charge in [-0.2, -0.15) is 0 Å². The van der Waals surface area contributed by atoms with Gasteiger partial charge in [-0.25, -0.2) is 0 Å². The quantitative estimate of drug-likeness (QED) is 0.509. The van der Waals surface area contributed by atoms with Crippen LogP contribution in [0.1, 0.15) is 46.0 Å². The van der Waals surface area contributed by atoms with Crippen LogP contribution in [0.2, 0.25) is 0 Å². The van der Waals surface area contributed by atoms with E-state index in [1.165, 1.54) is 25.7 Å². The summed E-state index contributed by atoms with van der Waals surface area (Å²) in [4.78, 5) is 0. The largest absolute Gasteiger partial charge is 0.0628 e. The molecular weight excluding hydrogens is 132 g/mol. The van der Waals surface area contributed by atoms with E-state index in [4.69, 9.17) is 0 Å². The maximum absolute atomic E-state index is 4.13. The van der Waals surface area contributed by atoms with E-state index in [1.807, 2.05) is 0 Å². The van der Waals surface area contributed by atoms with Crippen LogP contribution in [0, 0.1) is 25.7 Å². The van der Waals surface area contributed by atoms with Crippen molar-refractivity contribution in [1.29, 1.82) is 0 Å². The van der Waals surface area contributed by atoms with Gasteiger partial charge in [-0.05, 0) is 18.3 Å². The van der Waals surface area contributed by atoms with Gasteiger partial charge in [-0.15, -0.1) is 0 Å². The van der Waals surface area contributed by atoms with Crippen LogP contribution in [-0.2, 0) is 0 Å². The minimum Gasteiger partial charge on any atom is -0.0628 e. The van der Waals surface area contributed by atoms with Gasteiger partial charge in [0.05, 0.1) is 0 Å². The Bertz CT molecular complexity index is 74.1. The van der Waals surface area contributed by atoms with Gasteiger partial charge in [0.2, 0.25) is 0 Å². The Morgan fingerprint density at radius 3 is 2.27 bits per heavy atom. The molecule has 0 heteroatoms. The summed E-state index contributed by atoms with van der Waals surface area (Å²) in [5.41, 5.74) is 0. The van der Waals surface area contributed by atoms with E-state index in [1.54, 1.807) is 0 Å². The molecule has 0 nitrogen and oxygen atoms in total. The SMILES string of the molecule is [CH2]CCCCC([CH2])CC(C)C. The molecule has 11 heavy (non-hydrogen) atoms. The van der Waals surface area contributed by atoms with Gasteiger partial charge in [0.1, 0.15) is 0 Å². The summed E-state index contributed by atoms with van der Waals surface area (Å²) in [6.07, 6.45) is 6.22. The standard InChI is InChI=1S/C11H22/c1-5-6-7-8-11(4)9-10(2)3/h10-11H,1,4-9H2,2-3H3. The average Bonchev–Trinajstić information content (AvgIpc) is 1.86. The molecule has 0 aromatic carbocycles. The molecule has 66 valence electrons. The predicted octanol–water partition coefficient (Wildman–Crippen LogP) is 3.88. The molecule has 0 rings (SSSR count). The maximum Gasteiger partial charge on any atom is -0.0412 e. The number of rotatable bonds is 6. The van der Waals surface area contributed by atoms with Gasteiger partial charge in [0, 0.05) is 0 Å². The molecule has 0 aliphatic heterocycles. The topological polar surface area (TPSA) is 0 Å². The van der Waals surface area contributed by atoms with E-state index in [0.29, 0.717) is 5.92 Å². The summed E-state index contributed by atoms with van der Waals surface area (Å²) in [5, 5.41) is 0. The highest BCUT2D eigenvalue weighted by Crippen LogP contribution is 2.16. The molecule has 0 saturated carbocycles. The van der Waals surface area contributed by atoms with Gasteiger partial charge in [0.25, 0.3) is 0 Å². The Hall–Kier alpha value is 0. The Morgan fingerprint density at radius 1 is 1.18 bits per heavy atom. The van der Waals surface area contributed by atoms with Crippen LogP contribution in [0.5, 0.6) is 0 Å². The van der Waals surface area contributed by atoms with Gasteiger partial charge < -0.3 is 0 Å². The van der Waals surface area contributed by atoms with E-state index in [9.17, 15) is 0 Å². The van der Waals surface area contributed by atoms with Crippen LogP contribution in [0.15, 0.2) is 0 Å². The molecule has 0 fully saturated rings. The van der Waals surface area contributed by atoms with Crippen molar-refractivity contribution in [2.75, 3.05) is 0 Å². The van der Waals surface area contributed by atoms with Crippen molar-refractivity contribution in [2.45, 2.75) is 46.0 Å².